The maximum Gasteiger partial charge on any atom is 0.293 e. The molecule has 0 aliphatic carbocycles. The normalized spacial score (nSPS) is 14.8. The van der Waals surface area contributed by atoms with Gasteiger partial charge in [0, 0.05) is 15.6 Å². The molecule has 0 saturated carbocycles. The van der Waals surface area contributed by atoms with Gasteiger partial charge < -0.3 is 9.47 Å². The summed E-state index contributed by atoms with van der Waals surface area (Å²) in [4.78, 5) is 26.9. The van der Waals surface area contributed by atoms with Crippen LogP contribution in [0.4, 0.5) is 4.79 Å². The molecule has 0 unspecified atom stereocenters. The maximum absolute atomic E-state index is 12.9. The highest BCUT2D eigenvalue weighted by Gasteiger charge is 2.35. The van der Waals surface area contributed by atoms with Crippen LogP contribution in [-0.2, 0) is 17.9 Å². The van der Waals surface area contributed by atoms with Crippen molar-refractivity contribution in [3.63, 3.8) is 0 Å². The van der Waals surface area contributed by atoms with Crippen molar-refractivity contribution in [1.29, 1.82) is 0 Å². The van der Waals surface area contributed by atoms with Crippen LogP contribution < -0.4 is 9.47 Å². The third-order valence-corrected chi connectivity index (χ3v) is 6.59. The monoisotopic (exact) mass is 499 g/mol. The van der Waals surface area contributed by atoms with Crippen molar-refractivity contribution in [3.8, 4) is 11.5 Å². The van der Waals surface area contributed by atoms with E-state index in [9.17, 15) is 9.59 Å². The highest BCUT2D eigenvalue weighted by atomic mass is 35.5. The molecule has 1 saturated heterocycles. The van der Waals surface area contributed by atoms with E-state index in [1.807, 2.05) is 36.4 Å². The van der Waals surface area contributed by atoms with Crippen LogP contribution in [0.3, 0.4) is 0 Å². The van der Waals surface area contributed by atoms with E-state index in [0.717, 1.165) is 22.2 Å². The molecule has 0 radical (unpaired) electrons. The first kappa shape index (κ1) is 23.2. The van der Waals surface area contributed by atoms with E-state index < -0.39 is 5.91 Å². The lowest BCUT2D eigenvalue weighted by atomic mass is 10.1. The van der Waals surface area contributed by atoms with E-state index >= 15 is 0 Å². The largest absolute Gasteiger partial charge is 0.493 e. The van der Waals surface area contributed by atoms with Gasteiger partial charge in [-0.05, 0) is 53.2 Å². The second-order valence-electron chi connectivity index (χ2n) is 7.15. The second-order valence-corrected chi connectivity index (χ2v) is 8.96. The average Bonchev–Trinajstić information content (AvgIpc) is 3.08. The Labute approximate surface area is 205 Å². The molecule has 1 fully saturated rings. The van der Waals surface area contributed by atoms with Crippen molar-refractivity contribution >= 4 is 52.2 Å². The Morgan fingerprint density at radius 2 is 1.67 bits per heavy atom. The fourth-order valence-electron chi connectivity index (χ4n) is 3.26. The lowest BCUT2D eigenvalue weighted by molar-refractivity contribution is -0.123. The number of carbonyl (C=O) groups excluding carboxylic acids is 2. The molecule has 1 aliphatic rings. The number of benzene rings is 3. The smallest absolute Gasteiger partial charge is 0.293 e. The molecule has 1 heterocycles. The lowest BCUT2D eigenvalue weighted by Crippen LogP contribution is -2.27. The number of methoxy groups -OCH3 is 1. The molecule has 0 spiro atoms. The van der Waals surface area contributed by atoms with Crippen LogP contribution in [0.2, 0.25) is 10.0 Å². The minimum atomic E-state index is -0.399. The summed E-state index contributed by atoms with van der Waals surface area (Å²) in [6, 6.07) is 20.2. The number of halogens is 2. The van der Waals surface area contributed by atoms with E-state index in [0.29, 0.717) is 44.2 Å². The van der Waals surface area contributed by atoms with Crippen LogP contribution >= 0.6 is 35.0 Å². The Morgan fingerprint density at radius 3 is 2.36 bits per heavy atom. The van der Waals surface area contributed by atoms with Gasteiger partial charge in [0.2, 0.25) is 0 Å². The first-order valence-corrected chi connectivity index (χ1v) is 11.6. The van der Waals surface area contributed by atoms with Gasteiger partial charge in [-0.3, -0.25) is 14.5 Å². The zero-order valence-corrected chi connectivity index (χ0v) is 19.9. The molecule has 3 aromatic rings. The fourth-order valence-corrected chi connectivity index (χ4v) is 4.61. The molecule has 5 nitrogen and oxygen atoms in total. The van der Waals surface area contributed by atoms with Crippen LogP contribution in [0.1, 0.15) is 16.7 Å². The molecule has 8 heteroatoms. The van der Waals surface area contributed by atoms with E-state index in [-0.39, 0.29) is 11.8 Å². The standard InChI is InChI=1S/C25H19Cl2NO4S/c1-31-22-12-17(10-11-21(22)32-15-16-6-3-2-4-7-16)13-23-24(29)28(25(30)33-23)14-18-19(26)8-5-9-20(18)27/h2-13H,14-15H2,1H3/b23-13+. The van der Waals surface area contributed by atoms with Gasteiger partial charge in [0.25, 0.3) is 11.1 Å². The molecule has 1 aliphatic heterocycles. The van der Waals surface area contributed by atoms with Crippen LogP contribution in [0.5, 0.6) is 11.5 Å². The molecule has 0 bridgehead atoms. The summed E-state index contributed by atoms with van der Waals surface area (Å²) in [5.41, 5.74) is 2.28. The highest BCUT2D eigenvalue weighted by Crippen LogP contribution is 2.37. The summed E-state index contributed by atoms with van der Waals surface area (Å²) in [5.74, 6) is 0.714. The van der Waals surface area contributed by atoms with Crippen molar-refractivity contribution in [1.82, 2.24) is 4.90 Å². The molecular formula is C25H19Cl2NO4S. The molecule has 33 heavy (non-hydrogen) atoms. The molecule has 0 aromatic heterocycles. The Balaban J connectivity index is 1.51. The SMILES string of the molecule is COc1cc(/C=C2/SC(=O)N(Cc3c(Cl)cccc3Cl)C2=O)ccc1OCc1ccccc1. The van der Waals surface area contributed by atoms with E-state index in [4.69, 9.17) is 32.7 Å². The van der Waals surface area contributed by atoms with Gasteiger partial charge in [0.05, 0.1) is 18.6 Å². The molecule has 4 rings (SSSR count). The van der Waals surface area contributed by atoms with Crippen molar-refractivity contribution in [2.75, 3.05) is 7.11 Å². The number of carbonyl (C=O) groups is 2. The summed E-state index contributed by atoms with van der Waals surface area (Å²) < 4.78 is 11.3. The minimum Gasteiger partial charge on any atom is -0.493 e. The Kier molecular flexibility index (Phi) is 7.28. The van der Waals surface area contributed by atoms with E-state index in [1.165, 1.54) is 0 Å². The fraction of sp³-hybridized carbons (Fsp3) is 0.120. The summed E-state index contributed by atoms with van der Waals surface area (Å²) >= 11 is 13.3. The highest BCUT2D eigenvalue weighted by molar-refractivity contribution is 8.18. The average molecular weight is 500 g/mol. The van der Waals surface area contributed by atoms with Gasteiger partial charge in [-0.15, -0.1) is 0 Å². The Bertz CT molecular complexity index is 1210. The number of nitrogens with zero attached hydrogens (tertiary/aromatic N) is 1. The van der Waals surface area contributed by atoms with Gasteiger partial charge in [-0.1, -0.05) is 65.7 Å². The number of ether oxygens (including phenoxy) is 2. The number of thioether (sulfide) groups is 1. The van der Waals surface area contributed by atoms with Gasteiger partial charge in [-0.2, -0.15) is 0 Å². The quantitative estimate of drug-likeness (QED) is 0.334. The molecule has 0 atom stereocenters. The van der Waals surface area contributed by atoms with Crippen LogP contribution in [-0.4, -0.2) is 23.2 Å². The van der Waals surface area contributed by atoms with Crippen molar-refractivity contribution < 1.29 is 19.1 Å². The number of hydrogen-bond acceptors (Lipinski definition) is 5. The number of hydrogen-bond donors (Lipinski definition) is 0. The first-order chi connectivity index (χ1) is 16.0. The van der Waals surface area contributed by atoms with Crippen molar-refractivity contribution in [3.05, 3.63) is 98.4 Å². The van der Waals surface area contributed by atoms with Gasteiger partial charge in [-0.25, -0.2) is 0 Å². The molecule has 3 aromatic carbocycles. The summed E-state index contributed by atoms with van der Waals surface area (Å²) in [6.45, 7) is 0.413. The maximum atomic E-state index is 12.9. The zero-order valence-electron chi connectivity index (χ0n) is 17.6. The lowest BCUT2D eigenvalue weighted by Gasteiger charge is -2.14. The third-order valence-electron chi connectivity index (χ3n) is 4.97. The van der Waals surface area contributed by atoms with E-state index in [1.54, 1.807) is 43.5 Å². The third kappa shape index (κ3) is 5.36. The minimum absolute atomic E-state index is 0.0100. The predicted molar refractivity (Wildman–Crippen MR) is 132 cm³/mol. The van der Waals surface area contributed by atoms with E-state index in [2.05, 4.69) is 0 Å². The Morgan fingerprint density at radius 1 is 0.939 bits per heavy atom. The topological polar surface area (TPSA) is 55.8 Å². The number of rotatable bonds is 7. The summed E-state index contributed by atoms with van der Waals surface area (Å²) in [7, 11) is 1.55. The molecule has 0 N–H and O–H groups in total. The second kappa shape index (κ2) is 10.3. The van der Waals surface area contributed by atoms with Crippen molar-refractivity contribution in [2.24, 2.45) is 0 Å². The summed E-state index contributed by atoms with van der Waals surface area (Å²) in [5, 5.41) is 0.430. The first-order valence-electron chi connectivity index (χ1n) is 9.99. The molecular weight excluding hydrogens is 481 g/mol. The zero-order chi connectivity index (χ0) is 23.4. The van der Waals surface area contributed by atoms with Gasteiger partial charge >= 0.3 is 0 Å². The van der Waals surface area contributed by atoms with Crippen molar-refractivity contribution in [2.45, 2.75) is 13.2 Å². The number of imide groups is 1. The number of amides is 2. The van der Waals surface area contributed by atoms with Gasteiger partial charge in [0.15, 0.2) is 11.5 Å². The molecule has 2 amide bonds. The van der Waals surface area contributed by atoms with Crippen LogP contribution in [0.15, 0.2) is 71.6 Å². The van der Waals surface area contributed by atoms with Crippen LogP contribution in [0.25, 0.3) is 6.08 Å². The van der Waals surface area contributed by atoms with Crippen LogP contribution in [0, 0.1) is 0 Å². The van der Waals surface area contributed by atoms with Gasteiger partial charge in [0.1, 0.15) is 6.61 Å². The Hall–Kier alpha value is -2.93. The summed E-state index contributed by atoms with van der Waals surface area (Å²) in [6.07, 6.45) is 1.66. The molecule has 168 valence electrons. The predicted octanol–water partition coefficient (Wildman–Crippen LogP) is 6.82.